The number of halogens is 1. The van der Waals surface area contributed by atoms with Crippen LogP contribution >= 0.6 is 15.9 Å². The van der Waals surface area contributed by atoms with Crippen LogP contribution in [0.25, 0.3) is 12.2 Å². The summed E-state index contributed by atoms with van der Waals surface area (Å²) in [5.74, 6) is -0.517. The Kier molecular flexibility index (Phi) is 4.84. The average Bonchev–Trinajstić information content (AvgIpc) is 2.45. The number of ether oxygens (including phenoxy) is 1. The van der Waals surface area contributed by atoms with E-state index in [4.69, 9.17) is 9.84 Å². The Morgan fingerprint density at radius 2 is 2.20 bits per heavy atom. The molecule has 1 heterocycles. The Morgan fingerprint density at radius 1 is 1.35 bits per heavy atom. The van der Waals surface area contributed by atoms with Gasteiger partial charge in [0, 0.05) is 6.20 Å². The predicted molar refractivity (Wildman–Crippen MR) is 78.2 cm³/mol. The zero-order valence-corrected chi connectivity index (χ0v) is 11.9. The van der Waals surface area contributed by atoms with Gasteiger partial charge in [-0.25, -0.2) is 14.8 Å². The van der Waals surface area contributed by atoms with Gasteiger partial charge in [0.05, 0.1) is 10.2 Å². The SMILES string of the molecule is O=C(O)COc1ccc(/C=C/c2ccncn2)cc1Br. The van der Waals surface area contributed by atoms with Gasteiger partial charge in [-0.3, -0.25) is 0 Å². The lowest BCUT2D eigenvalue weighted by Crippen LogP contribution is -2.09. The van der Waals surface area contributed by atoms with Gasteiger partial charge in [0.2, 0.25) is 0 Å². The van der Waals surface area contributed by atoms with Gasteiger partial charge < -0.3 is 9.84 Å². The van der Waals surface area contributed by atoms with E-state index in [-0.39, 0.29) is 6.61 Å². The maximum Gasteiger partial charge on any atom is 0.341 e. The number of carboxylic acids is 1. The predicted octanol–water partition coefficient (Wildman–Crippen LogP) is 2.87. The van der Waals surface area contributed by atoms with Crippen LogP contribution in [0.4, 0.5) is 0 Å². The highest BCUT2D eigenvalue weighted by Crippen LogP contribution is 2.26. The van der Waals surface area contributed by atoms with Crippen LogP contribution in [-0.2, 0) is 4.79 Å². The molecule has 0 radical (unpaired) electrons. The molecule has 0 fully saturated rings. The molecule has 2 aromatic rings. The number of hydrogen-bond acceptors (Lipinski definition) is 4. The monoisotopic (exact) mass is 334 g/mol. The first kappa shape index (κ1) is 14.2. The summed E-state index contributed by atoms with van der Waals surface area (Å²) in [5.41, 5.74) is 1.75. The second kappa shape index (κ2) is 6.81. The van der Waals surface area contributed by atoms with Crippen LogP contribution in [0, 0.1) is 0 Å². The number of aromatic nitrogens is 2. The van der Waals surface area contributed by atoms with Crippen LogP contribution in [0.2, 0.25) is 0 Å². The van der Waals surface area contributed by atoms with E-state index in [2.05, 4.69) is 25.9 Å². The Labute approximate surface area is 124 Å². The number of carboxylic acid groups (broad SMARTS) is 1. The van der Waals surface area contributed by atoms with Gasteiger partial charge in [0.15, 0.2) is 6.61 Å². The van der Waals surface area contributed by atoms with Crippen molar-refractivity contribution in [3.8, 4) is 5.75 Å². The van der Waals surface area contributed by atoms with E-state index < -0.39 is 5.97 Å². The number of nitrogens with zero attached hydrogens (tertiary/aromatic N) is 2. The Hall–Kier alpha value is -2.21. The molecule has 0 unspecified atom stereocenters. The number of carbonyl (C=O) groups is 1. The first-order valence-corrected chi connectivity index (χ1v) is 6.52. The summed E-state index contributed by atoms with van der Waals surface area (Å²) in [6.45, 7) is -0.366. The molecule has 0 aliphatic heterocycles. The summed E-state index contributed by atoms with van der Waals surface area (Å²) >= 11 is 3.35. The van der Waals surface area contributed by atoms with Crippen molar-refractivity contribution < 1.29 is 14.6 Å². The number of benzene rings is 1. The van der Waals surface area contributed by atoms with Crippen molar-refractivity contribution in [1.29, 1.82) is 0 Å². The van der Waals surface area contributed by atoms with Gasteiger partial charge >= 0.3 is 5.97 Å². The zero-order chi connectivity index (χ0) is 14.4. The van der Waals surface area contributed by atoms with Gasteiger partial charge in [-0.1, -0.05) is 12.1 Å². The van der Waals surface area contributed by atoms with E-state index in [9.17, 15) is 4.79 Å². The minimum Gasteiger partial charge on any atom is -0.481 e. The molecule has 102 valence electrons. The molecule has 1 aromatic carbocycles. The molecule has 20 heavy (non-hydrogen) atoms. The summed E-state index contributed by atoms with van der Waals surface area (Å²) < 4.78 is 5.82. The van der Waals surface area contributed by atoms with Crippen molar-refractivity contribution in [3.05, 3.63) is 52.5 Å². The molecule has 0 aliphatic carbocycles. The highest BCUT2D eigenvalue weighted by atomic mass is 79.9. The largest absolute Gasteiger partial charge is 0.481 e. The third-order valence-electron chi connectivity index (χ3n) is 2.36. The summed E-state index contributed by atoms with van der Waals surface area (Å²) in [6, 6.07) is 7.19. The second-order valence-corrected chi connectivity index (χ2v) is 4.69. The van der Waals surface area contributed by atoms with Gasteiger partial charge in [0.25, 0.3) is 0 Å². The lowest BCUT2D eigenvalue weighted by molar-refractivity contribution is -0.139. The summed E-state index contributed by atoms with van der Waals surface area (Å²) in [7, 11) is 0. The van der Waals surface area contributed by atoms with Crippen LogP contribution in [0.5, 0.6) is 5.75 Å². The molecule has 0 saturated heterocycles. The van der Waals surface area contributed by atoms with E-state index >= 15 is 0 Å². The standard InChI is InChI=1S/C14H11BrN2O3/c15-12-7-10(1-3-11-5-6-16-9-17-11)2-4-13(12)20-8-14(18)19/h1-7,9H,8H2,(H,18,19)/b3-1+. The van der Waals surface area contributed by atoms with Crippen molar-refractivity contribution in [2.45, 2.75) is 0 Å². The number of aliphatic carboxylic acids is 1. The van der Waals surface area contributed by atoms with Crippen molar-refractivity contribution in [3.63, 3.8) is 0 Å². The molecule has 6 heteroatoms. The van der Waals surface area contributed by atoms with E-state index in [0.717, 1.165) is 11.3 Å². The van der Waals surface area contributed by atoms with Gasteiger partial charge in [-0.05, 0) is 45.8 Å². The lowest BCUT2D eigenvalue weighted by atomic mass is 10.2. The maximum absolute atomic E-state index is 10.4. The quantitative estimate of drug-likeness (QED) is 0.910. The second-order valence-electron chi connectivity index (χ2n) is 3.84. The molecule has 1 N–H and O–H groups in total. The molecule has 5 nitrogen and oxygen atoms in total. The molecular weight excluding hydrogens is 324 g/mol. The third kappa shape index (κ3) is 4.17. The summed E-state index contributed by atoms with van der Waals surface area (Å²) in [4.78, 5) is 18.4. The summed E-state index contributed by atoms with van der Waals surface area (Å²) in [5, 5.41) is 8.57. The van der Waals surface area contributed by atoms with E-state index in [1.807, 2.05) is 24.3 Å². The molecule has 0 aliphatic rings. The third-order valence-corrected chi connectivity index (χ3v) is 2.98. The normalized spacial score (nSPS) is 10.7. The molecule has 0 atom stereocenters. The fourth-order valence-corrected chi connectivity index (χ4v) is 1.97. The molecule has 0 saturated carbocycles. The highest BCUT2D eigenvalue weighted by Gasteiger charge is 2.04. The molecule has 0 bridgehead atoms. The van der Waals surface area contributed by atoms with E-state index in [0.29, 0.717) is 10.2 Å². The van der Waals surface area contributed by atoms with Crippen LogP contribution in [0.3, 0.4) is 0 Å². The van der Waals surface area contributed by atoms with Crippen molar-refractivity contribution >= 4 is 34.1 Å². The number of rotatable bonds is 5. The molecule has 0 spiro atoms. The topological polar surface area (TPSA) is 72.3 Å². The van der Waals surface area contributed by atoms with Crippen molar-refractivity contribution in [1.82, 2.24) is 9.97 Å². The minimum atomic E-state index is -1.01. The van der Waals surface area contributed by atoms with Gasteiger partial charge in [-0.2, -0.15) is 0 Å². The highest BCUT2D eigenvalue weighted by molar-refractivity contribution is 9.10. The fraction of sp³-hybridized carbons (Fsp3) is 0.0714. The molecule has 1 aromatic heterocycles. The van der Waals surface area contributed by atoms with Crippen LogP contribution in [0.1, 0.15) is 11.3 Å². The van der Waals surface area contributed by atoms with Crippen molar-refractivity contribution in [2.75, 3.05) is 6.61 Å². The summed E-state index contributed by atoms with van der Waals surface area (Å²) in [6.07, 6.45) is 6.92. The van der Waals surface area contributed by atoms with Gasteiger partial charge in [-0.15, -0.1) is 0 Å². The van der Waals surface area contributed by atoms with Gasteiger partial charge in [0.1, 0.15) is 12.1 Å². The van der Waals surface area contributed by atoms with Crippen molar-refractivity contribution in [2.24, 2.45) is 0 Å². The average molecular weight is 335 g/mol. The van der Waals surface area contributed by atoms with Crippen LogP contribution in [0.15, 0.2) is 41.3 Å². The Bertz CT molecular complexity index is 630. The minimum absolute atomic E-state index is 0.366. The van der Waals surface area contributed by atoms with E-state index in [1.165, 1.54) is 6.33 Å². The number of hydrogen-bond donors (Lipinski definition) is 1. The molecule has 2 rings (SSSR count). The van der Waals surface area contributed by atoms with Crippen LogP contribution in [-0.4, -0.2) is 27.7 Å². The zero-order valence-electron chi connectivity index (χ0n) is 10.4. The maximum atomic E-state index is 10.4. The first-order chi connectivity index (χ1) is 9.65. The lowest BCUT2D eigenvalue weighted by Gasteiger charge is -2.06. The molecule has 0 amide bonds. The van der Waals surface area contributed by atoms with Crippen LogP contribution < -0.4 is 4.74 Å². The Balaban J connectivity index is 2.09. The first-order valence-electron chi connectivity index (χ1n) is 5.73. The Morgan fingerprint density at radius 3 is 2.85 bits per heavy atom. The molecular formula is C14H11BrN2O3. The fourth-order valence-electron chi connectivity index (χ4n) is 1.46. The smallest absolute Gasteiger partial charge is 0.341 e. The van der Waals surface area contributed by atoms with E-state index in [1.54, 1.807) is 18.3 Å².